The largest absolute Gasteiger partial charge is 0.128 e. The third-order valence-electron chi connectivity index (χ3n) is 3.47. The predicted molar refractivity (Wildman–Crippen MR) is 60.9 cm³/mol. The summed E-state index contributed by atoms with van der Waals surface area (Å²) in [6.07, 6.45) is 13.1. The monoisotopic (exact) mass is 186 g/mol. The Kier molecular flexibility index (Phi) is 2.74. The van der Waals surface area contributed by atoms with Crippen LogP contribution in [0.2, 0.25) is 0 Å². The van der Waals surface area contributed by atoms with Crippen molar-refractivity contribution >= 4 is 0 Å². The molecule has 0 saturated heterocycles. The molecule has 0 nitrogen and oxygen atoms in total. The molecule has 3 atom stereocenters. The second-order valence-corrected chi connectivity index (χ2v) is 4.42. The Morgan fingerprint density at radius 3 is 3.21 bits per heavy atom. The molecule has 14 heavy (non-hydrogen) atoms. The van der Waals surface area contributed by atoms with Crippen molar-refractivity contribution in [1.29, 1.82) is 0 Å². The molecule has 0 heterocycles. The second kappa shape index (κ2) is 4.02. The van der Waals surface area contributed by atoms with Gasteiger partial charge in [-0.25, -0.2) is 0 Å². The number of hydrogen-bond acceptors (Lipinski definition) is 0. The minimum absolute atomic E-state index is 0.689. The maximum absolute atomic E-state index is 3.67. The van der Waals surface area contributed by atoms with Crippen molar-refractivity contribution in [3.05, 3.63) is 42.2 Å². The van der Waals surface area contributed by atoms with Crippen LogP contribution in [0.3, 0.4) is 0 Å². The molecule has 2 unspecified atom stereocenters. The quantitative estimate of drug-likeness (QED) is 0.430. The number of hydrogen-bond donors (Lipinski definition) is 0. The van der Waals surface area contributed by atoms with E-state index in [-0.39, 0.29) is 0 Å². The van der Waals surface area contributed by atoms with Gasteiger partial charge in [0, 0.05) is 0 Å². The molecule has 0 spiro atoms. The van der Waals surface area contributed by atoms with Crippen molar-refractivity contribution < 1.29 is 0 Å². The van der Waals surface area contributed by atoms with Crippen LogP contribution in [0, 0.1) is 17.8 Å². The standard InChI is InChI=1S/C14H18/c1-3-7-12-10-11(2)13-8-5-4-6-9-14(12)13/h5,7-8,10-11,13-14H,1,4,6,9H2,2H3/t11?,13?,14-/m1/s1. The molecular formula is C14H18. The fraction of sp³-hybridized carbons (Fsp3) is 0.500. The summed E-state index contributed by atoms with van der Waals surface area (Å²) >= 11 is 0. The Labute approximate surface area is 86.7 Å². The van der Waals surface area contributed by atoms with E-state index in [2.05, 4.69) is 43.5 Å². The average molecular weight is 186 g/mol. The first kappa shape index (κ1) is 9.55. The molecule has 0 saturated carbocycles. The van der Waals surface area contributed by atoms with E-state index in [1.165, 1.54) is 24.8 Å². The van der Waals surface area contributed by atoms with Gasteiger partial charge >= 0.3 is 0 Å². The average Bonchev–Trinajstić information content (AvgIpc) is 2.41. The summed E-state index contributed by atoms with van der Waals surface area (Å²) in [6, 6.07) is 0. The molecule has 2 rings (SSSR count). The number of fused-ring (bicyclic) bond motifs is 1. The molecule has 0 aromatic carbocycles. The Morgan fingerprint density at radius 2 is 2.43 bits per heavy atom. The molecule has 0 bridgehead atoms. The summed E-state index contributed by atoms with van der Waals surface area (Å²) in [5, 5.41) is 0. The summed E-state index contributed by atoms with van der Waals surface area (Å²) in [5.41, 5.74) is 4.38. The van der Waals surface area contributed by atoms with Crippen molar-refractivity contribution in [2.45, 2.75) is 26.2 Å². The highest BCUT2D eigenvalue weighted by atomic mass is 14.4. The zero-order valence-corrected chi connectivity index (χ0v) is 8.87. The molecule has 0 aliphatic heterocycles. The van der Waals surface area contributed by atoms with Crippen LogP contribution in [-0.2, 0) is 0 Å². The molecule has 0 N–H and O–H groups in total. The number of allylic oxidation sites excluding steroid dienone is 5. The third kappa shape index (κ3) is 1.63. The first-order chi connectivity index (χ1) is 6.83. The molecule has 0 radical (unpaired) electrons. The maximum atomic E-state index is 3.67. The zero-order valence-electron chi connectivity index (χ0n) is 8.87. The second-order valence-electron chi connectivity index (χ2n) is 4.42. The lowest BCUT2D eigenvalue weighted by atomic mass is 9.85. The minimum Gasteiger partial charge on any atom is -0.128 e. The van der Waals surface area contributed by atoms with Gasteiger partial charge in [0.1, 0.15) is 0 Å². The normalized spacial score (nSPS) is 35.5. The Balaban J connectivity index is 2.26. The van der Waals surface area contributed by atoms with E-state index in [4.69, 9.17) is 0 Å². The summed E-state index contributed by atoms with van der Waals surface area (Å²) in [6.45, 7) is 5.99. The summed E-state index contributed by atoms with van der Waals surface area (Å²) in [5.74, 6) is 2.16. The van der Waals surface area contributed by atoms with Crippen molar-refractivity contribution in [1.82, 2.24) is 0 Å². The molecule has 0 heteroatoms. The minimum atomic E-state index is 0.689. The molecule has 0 amide bonds. The van der Waals surface area contributed by atoms with Crippen LogP contribution in [-0.4, -0.2) is 0 Å². The third-order valence-corrected chi connectivity index (χ3v) is 3.47. The first-order valence-corrected chi connectivity index (χ1v) is 5.57. The van der Waals surface area contributed by atoms with Crippen LogP contribution >= 0.6 is 0 Å². The van der Waals surface area contributed by atoms with Crippen LogP contribution < -0.4 is 0 Å². The van der Waals surface area contributed by atoms with Crippen LogP contribution in [0.5, 0.6) is 0 Å². The van der Waals surface area contributed by atoms with E-state index >= 15 is 0 Å². The SMILES string of the molecule is C=C=CC1=CC(C)C2C=CCCC[C@H]12. The van der Waals surface area contributed by atoms with Gasteiger partial charge in [-0.3, -0.25) is 0 Å². The smallest absolute Gasteiger partial charge is 0.00903 e. The van der Waals surface area contributed by atoms with E-state index in [0.717, 1.165) is 11.8 Å². The summed E-state index contributed by atoms with van der Waals surface area (Å²) in [7, 11) is 0. The summed E-state index contributed by atoms with van der Waals surface area (Å²) < 4.78 is 0. The van der Waals surface area contributed by atoms with Crippen LogP contribution in [0.1, 0.15) is 26.2 Å². The molecule has 2 aliphatic carbocycles. The highest BCUT2D eigenvalue weighted by Gasteiger charge is 2.32. The van der Waals surface area contributed by atoms with Gasteiger partial charge in [0.15, 0.2) is 0 Å². The Morgan fingerprint density at radius 1 is 1.57 bits per heavy atom. The van der Waals surface area contributed by atoms with E-state index in [1.54, 1.807) is 0 Å². The predicted octanol–water partition coefficient (Wildman–Crippen LogP) is 3.88. The highest BCUT2D eigenvalue weighted by Crippen LogP contribution is 2.42. The van der Waals surface area contributed by atoms with Gasteiger partial charge < -0.3 is 0 Å². The maximum Gasteiger partial charge on any atom is -0.00903 e. The van der Waals surface area contributed by atoms with Gasteiger partial charge in [-0.2, -0.15) is 0 Å². The highest BCUT2D eigenvalue weighted by molar-refractivity contribution is 5.30. The lowest BCUT2D eigenvalue weighted by Crippen LogP contribution is -2.12. The van der Waals surface area contributed by atoms with E-state index in [1.807, 2.05) is 0 Å². The van der Waals surface area contributed by atoms with Gasteiger partial charge in [0.25, 0.3) is 0 Å². The van der Waals surface area contributed by atoms with Crippen LogP contribution in [0.15, 0.2) is 42.2 Å². The van der Waals surface area contributed by atoms with E-state index < -0.39 is 0 Å². The van der Waals surface area contributed by atoms with Gasteiger partial charge in [-0.05, 0) is 48.7 Å². The first-order valence-electron chi connectivity index (χ1n) is 5.57. The molecule has 0 aromatic heterocycles. The van der Waals surface area contributed by atoms with Gasteiger partial charge in [-0.1, -0.05) is 31.7 Å². The lowest BCUT2D eigenvalue weighted by molar-refractivity contribution is 0.402. The van der Waals surface area contributed by atoms with Gasteiger partial charge in [-0.15, -0.1) is 5.73 Å². The number of rotatable bonds is 1. The van der Waals surface area contributed by atoms with Crippen LogP contribution in [0.25, 0.3) is 0 Å². The molecule has 0 aromatic rings. The Hall–Kier alpha value is -1.00. The zero-order chi connectivity index (χ0) is 9.97. The summed E-state index contributed by atoms with van der Waals surface area (Å²) in [4.78, 5) is 0. The topological polar surface area (TPSA) is 0 Å². The van der Waals surface area contributed by atoms with Crippen molar-refractivity contribution in [2.24, 2.45) is 17.8 Å². The fourth-order valence-electron chi connectivity index (χ4n) is 2.78. The van der Waals surface area contributed by atoms with E-state index in [0.29, 0.717) is 5.92 Å². The van der Waals surface area contributed by atoms with E-state index in [9.17, 15) is 0 Å². The molecule has 0 fully saturated rings. The molecular weight excluding hydrogens is 168 g/mol. The lowest BCUT2D eigenvalue weighted by Gasteiger charge is -2.19. The van der Waals surface area contributed by atoms with Gasteiger partial charge in [0.2, 0.25) is 0 Å². The van der Waals surface area contributed by atoms with Gasteiger partial charge in [0.05, 0.1) is 0 Å². The molecule has 2 aliphatic rings. The Bertz CT molecular complexity index is 313. The van der Waals surface area contributed by atoms with Crippen molar-refractivity contribution in [3.63, 3.8) is 0 Å². The van der Waals surface area contributed by atoms with Crippen molar-refractivity contribution in [2.75, 3.05) is 0 Å². The fourth-order valence-corrected chi connectivity index (χ4v) is 2.78. The van der Waals surface area contributed by atoms with Crippen LogP contribution in [0.4, 0.5) is 0 Å². The van der Waals surface area contributed by atoms with Crippen molar-refractivity contribution in [3.8, 4) is 0 Å². The molecule has 74 valence electrons.